The first-order valence-electron chi connectivity index (χ1n) is 29.0. The Labute approximate surface area is 478 Å². The fourth-order valence-electron chi connectivity index (χ4n) is 6.99. The summed E-state index contributed by atoms with van der Waals surface area (Å²) in [6, 6.07) is 0. The molecule has 0 aliphatic carbocycles. The maximum atomic E-state index is 12.1. The van der Waals surface area contributed by atoms with Gasteiger partial charge in [0.2, 0.25) is 11.8 Å². The number of carboxylic acid groups (broad SMARTS) is 4. The average molecular weight is 1220 g/mol. The van der Waals surface area contributed by atoms with Crippen molar-refractivity contribution in [3.05, 3.63) is 0 Å². The first kappa shape index (κ1) is 86.6. The standard InChI is InChI=1S/C46H96N6O2.4C2HF3O2/c1-3-5-7-9-11-13-15-17-19-21-23-25-33-45(53)51-43-31-41-49-39-29-37-47-35-27-28-36-48-38-30-40-50-42-32-44-52-46(54)34-26-24-22-20-18-16-14-12-10-8-6-4-2;4*3-2(4,5)1(6)7/h47-50H,3-44H2,1-2H3,(H,51,53)(H,52,54);4*(H,6,7). The van der Waals surface area contributed by atoms with E-state index in [0.717, 1.165) is 104 Å². The normalized spacial score (nSPS) is 11.3. The van der Waals surface area contributed by atoms with Crippen LogP contribution in [-0.2, 0) is 28.8 Å². The summed E-state index contributed by atoms with van der Waals surface area (Å²) in [5, 5.41) is 48.8. The summed E-state index contributed by atoms with van der Waals surface area (Å²) in [6.45, 7) is 14.4. The van der Waals surface area contributed by atoms with Crippen LogP contribution < -0.4 is 31.9 Å². The van der Waals surface area contributed by atoms with Crippen molar-refractivity contribution >= 4 is 35.7 Å². The van der Waals surface area contributed by atoms with Crippen molar-refractivity contribution in [3.8, 4) is 0 Å². The molecular formula is C54H100F12N6O10. The molecule has 0 unspecified atom stereocenters. The summed E-state index contributed by atoms with van der Waals surface area (Å²) >= 11 is 0. The third-order valence-corrected chi connectivity index (χ3v) is 11.6. The lowest BCUT2D eigenvalue weighted by atomic mass is 10.0. The van der Waals surface area contributed by atoms with Crippen molar-refractivity contribution in [1.29, 1.82) is 0 Å². The minimum atomic E-state index is -5.08. The molecule has 0 aromatic heterocycles. The van der Waals surface area contributed by atoms with Crippen LogP contribution in [0.25, 0.3) is 0 Å². The summed E-state index contributed by atoms with van der Waals surface area (Å²) in [6.07, 6.45) is 19.7. The molecule has 0 spiro atoms. The van der Waals surface area contributed by atoms with Gasteiger partial charge in [0, 0.05) is 25.9 Å². The number of aliphatic carboxylic acids is 4. The molecule has 0 bridgehead atoms. The SMILES string of the molecule is CCCCCCCCCCCCCCC(=O)NCCCNCCCNCCCCNCCCNCCCNC(=O)CCCCCCCCCCCCCC.O=C(O)C(F)(F)F.O=C(O)C(F)(F)F.O=C(O)C(F)(F)F.O=C(O)C(F)(F)F. The van der Waals surface area contributed by atoms with Crippen LogP contribution in [0.4, 0.5) is 52.7 Å². The fourth-order valence-corrected chi connectivity index (χ4v) is 6.99. The predicted molar refractivity (Wildman–Crippen MR) is 291 cm³/mol. The van der Waals surface area contributed by atoms with Crippen LogP contribution in [0.2, 0.25) is 0 Å². The van der Waals surface area contributed by atoms with Gasteiger partial charge in [-0.1, -0.05) is 155 Å². The number of rotatable bonds is 47. The Hall–Kier alpha value is -4.18. The van der Waals surface area contributed by atoms with Crippen LogP contribution >= 0.6 is 0 Å². The van der Waals surface area contributed by atoms with Gasteiger partial charge in [0.25, 0.3) is 0 Å². The lowest BCUT2D eigenvalue weighted by Crippen LogP contribution is -2.28. The third-order valence-electron chi connectivity index (χ3n) is 11.6. The summed E-state index contributed by atoms with van der Waals surface area (Å²) in [5.74, 6) is -10.6. The highest BCUT2D eigenvalue weighted by Gasteiger charge is 2.40. The average Bonchev–Trinajstić information content (AvgIpc) is 3.38. The molecule has 2 amide bonds. The molecule has 0 aromatic rings. The Bertz CT molecular complexity index is 1360. The number of carbonyl (C=O) groups excluding carboxylic acids is 2. The molecule has 82 heavy (non-hydrogen) atoms. The second-order valence-corrected chi connectivity index (χ2v) is 19.3. The Morgan fingerprint density at radius 1 is 0.256 bits per heavy atom. The zero-order valence-electron chi connectivity index (χ0n) is 48.5. The van der Waals surface area contributed by atoms with Crippen molar-refractivity contribution in [2.45, 2.75) is 244 Å². The zero-order chi connectivity index (χ0) is 63.4. The molecular weight excluding hydrogens is 1120 g/mol. The number of carboxylic acids is 4. The van der Waals surface area contributed by atoms with E-state index in [0.29, 0.717) is 12.8 Å². The molecule has 0 aromatic carbocycles. The number of amides is 2. The van der Waals surface area contributed by atoms with Crippen LogP contribution in [0.15, 0.2) is 0 Å². The lowest BCUT2D eigenvalue weighted by molar-refractivity contribution is -0.193. The van der Waals surface area contributed by atoms with E-state index in [1.807, 2.05) is 0 Å². The van der Waals surface area contributed by atoms with Crippen LogP contribution in [-0.4, -0.2) is 146 Å². The molecule has 28 heteroatoms. The van der Waals surface area contributed by atoms with Crippen molar-refractivity contribution in [2.24, 2.45) is 0 Å². The van der Waals surface area contributed by atoms with Crippen molar-refractivity contribution in [1.82, 2.24) is 31.9 Å². The maximum Gasteiger partial charge on any atom is 0.490 e. The first-order chi connectivity index (χ1) is 38.5. The minimum absolute atomic E-state index is 0.225. The van der Waals surface area contributed by atoms with E-state index >= 15 is 0 Å². The number of alkyl halides is 12. The predicted octanol–water partition coefficient (Wildman–Crippen LogP) is 12.6. The van der Waals surface area contributed by atoms with Gasteiger partial charge in [0.05, 0.1) is 0 Å². The van der Waals surface area contributed by atoms with Crippen molar-refractivity contribution < 1.29 is 102 Å². The van der Waals surface area contributed by atoms with Gasteiger partial charge in [-0.15, -0.1) is 0 Å². The van der Waals surface area contributed by atoms with Gasteiger partial charge in [-0.3, -0.25) is 9.59 Å². The van der Waals surface area contributed by atoms with Crippen LogP contribution in [0.1, 0.15) is 219 Å². The van der Waals surface area contributed by atoms with Gasteiger partial charge in [-0.25, -0.2) is 19.2 Å². The number of hydrogen-bond acceptors (Lipinski definition) is 10. The monoisotopic (exact) mass is 1220 g/mol. The highest BCUT2D eigenvalue weighted by atomic mass is 19.4. The van der Waals surface area contributed by atoms with Crippen LogP contribution in [0.3, 0.4) is 0 Å². The molecule has 0 saturated heterocycles. The van der Waals surface area contributed by atoms with Crippen LogP contribution in [0, 0.1) is 0 Å². The molecule has 0 saturated carbocycles. The number of carbonyl (C=O) groups is 6. The molecule has 0 heterocycles. The summed E-state index contributed by atoms with van der Waals surface area (Å²) in [7, 11) is 0. The summed E-state index contributed by atoms with van der Waals surface area (Å²) < 4.78 is 127. The molecule has 0 aliphatic heterocycles. The van der Waals surface area contributed by atoms with E-state index in [-0.39, 0.29) is 11.8 Å². The van der Waals surface area contributed by atoms with Gasteiger partial charge in [0.1, 0.15) is 0 Å². The molecule has 16 nitrogen and oxygen atoms in total. The summed E-state index contributed by atoms with van der Waals surface area (Å²) in [4.78, 5) is 59.7. The van der Waals surface area contributed by atoms with E-state index in [2.05, 4.69) is 45.7 Å². The second-order valence-electron chi connectivity index (χ2n) is 19.3. The van der Waals surface area contributed by atoms with Gasteiger partial charge >= 0.3 is 48.6 Å². The van der Waals surface area contributed by atoms with Gasteiger partial charge < -0.3 is 52.3 Å². The largest absolute Gasteiger partial charge is 0.490 e. The van der Waals surface area contributed by atoms with Crippen LogP contribution in [0.5, 0.6) is 0 Å². The Morgan fingerprint density at radius 2 is 0.415 bits per heavy atom. The number of halogens is 12. The second kappa shape index (κ2) is 60.0. The minimum Gasteiger partial charge on any atom is -0.475 e. The Kier molecular flexibility index (Phi) is 63.3. The number of nitrogens with one attached hydrogen (secondary N) is 6. The smallest absolute Gasteiger partial charge is 0.475 e. The molecule has 0 rings (SSSR count). The third kappa shape index (κ3) is 80.0. The molecule has 490 valence electrons. The molecule has 10 N–H and O–H groups in total. The lowest BCUT2D eigenvalue weighted by Gasteiger charge is -2.09. The van der Waals surface area contributed by atoms with Gasteiger partial charge in [-0.2, -0.15) is 52.7 Å². The van der Waals surface area contributed by atoms with Gasteiger partial charge in [-0.05, 0) is 104 Å². The Balaban J connectivity index is -0.000000568. The molecule has 0 fully saturated rings. The van der Waals surface area contributed by atoms with E-state index in [1.54, 1.807) is 0 Å². The topological polar surface area (TPSA) is 256 Å². The first-order valence-corrected chi connectivity index (χ1v) is 29.0. The van der Waals surface area contributed by atoms with E-state index in [9.17, 15) is 62.3 Å². The Morgan fingerprint density at radius 3 is 0.598 bits per heavy atom. The van der Waals surface area contributed by atoms with Crippen molar-refractivity contribution in [2.75, 3.05) is 65.4 Å². The van der Waals surface area contributed by atoms with E-state index < -0.39 is 48.6 Å². The van der Waals surface area contributed by atoms with Crippen molar-refractivity contribution in [3.63, 3.8) is 0 Å². The zero-order valence-corrected chi connectivity index (χ0v) is 48.5. The highest BCUT2D eigenvalue weighted by molar-refractivity contribution is 5.76. The molecule has 0 atom stereocenters. The van der Waals surface area contributed by atoms with E-state index in [1.165, 1.54) is 154 Å². The number of hydrogen-bond donors (Lipinski definition) is 10. The highest BCUT2D eigenvalue weighted by Crippen LogP contribution is 2.17. The number of unbranched alkanes of at least 4 members (excludes halogenated alkanes) is 23. The molecule has 0 aliphatic rings. The molecule has 0 radical (unpaired) electrons. The van der Waals surface area contributed by atoms with Gasteiger partial charge in [0.15, 0.2) is 0 Å². The van der Waals surface area contributed by atoms with E-state index in [4.69, 9.17) is 39.6 Å². The quantitative estimate of drug-likeness (QED) is 0.0201. The maximum absolute atomic E-state index is 12.1. The summed E-state index contributed by atoms with van der Waals surface area (Å²) in [5.41, 5.74) is 0. The fraction of sp³-hybridized carbons (Fsp3) is 0.889.